The van der Waals surface area contributed by atoms with E-state index in [1.54, 1.807) is 0 Å². The van der Waals surface area contributed by atoms with Gasteiger partial charge in [0.15, 0.2) is 0 Å². The number of hydrogen-bond acceptors (Lipinski definition) is 3. The van der Waals surface area contributed by atoms with Crippen molar-refractivity contribution in [2.75, 3.05) is 13.1 Å². The lowest BCUT2D eigenvalue weighted by Gasteiger charge is -2.20. The number of carbonyl (C=O) groups excluding carboxylic acids is 2. The Morgan fingerprint density at radius 2 is 1.56 bits per heavy atom. The van der Waals surface area contributed by atoms with Crippen LogP contribution in [0, 0.1) is 0 Å². The zero-order chi connectivity index (χ0) is 12.8. The van der Waals surface area contributed by atoms with Gasteiger partial charge in [-0.25, -0.2) is 4.79 Å². The maximum absolute atomic E-state index is 11.2. The fourth-order valence-electron chi connectivity index (χ4n) is 0.841. The van der Waals surface area contributed by atoms with E-state index in [0.29, 0.717) is 0 Å². The summed E-state index contributed by atoms with van der Waals surface area (Å²) < 4.78 is 0. The predicted octanol–water partition coefficient (Wildman–Crippen LogP) is -0.715. The van der Waals surface area contributed by atoms with Crippen LogP contribution in [0.5, 0.6) is 0 Å². The Labute approximate surface area is 93.6 Å². The van der Waals surface area contributed by atoms with Gasteiger partial charge in [-0.05, 0) is 20.8 Å². The molecule has 0 aromatic rings. The van der Waals surface area contributed by atoms with Gasteiger partial charge < -0.3 is 21.1 Å². The third-order valence-electron chi connectivity index (χ3n) is 1.32. The molecule has 4 N–H and O–H groups in total. The van der Waals surface area contributed by atoms with Crippen LogP contribution in [0.1, 0.15) is 20.8 Å². The molecule has 0 fully saturated rings. The third-order valence-corrected chi connectivity index (χ3v) is 1.32. The van der Waals surface area contributed by atoms with Crippen molar-refractivity contribution in [1.29, 1.82) is 0 Å². The number of urea groups is 1. The van der Waals surface area contributed by atoms with Crippen molar-refractivity contribution in [1.82, 2.24) is 16.0 Å². The summed E-state index contributed by atoms with van der Waals surface area (Å²) in [7, 11) is 0. The molecule has 7 nitrogen and oxygen atoms in total. The zero-order valence-electron chi connectivity index (χ0n) is 9.59. The first-order chi connectivity index (χ1) is 7.20. The summed E-state index contributed by atoms with van der Waals surface area (Å²) in [6.07, 6.45) is 0. The summed E-state index contributed by atoms with van der Waals surface area (Å²) in [6.45, 7) is 4.77. The molecule has 0 radical (unpaired) electrons. The minimum atomic E-state index is -1.14. The van der Waals surface area contributed by atoms with E-state index in [1.807, 2.05) is 20.8 Å². The Morgan fingerprint density at radius 3 is 2.00 bits per heavy atom. The lowest BCUT2D eigenvalue weighted by atomic mass is 10.1. The number of carbonyl (C=O) groups is 3. The van der Waals surface area contributed by atoms with E-state index < -0.39 is 18.5 Å². The van der Waals surface area contributed by atoms with Crippen LogP contribution in [-0.4, -0.2) is 41.6 Å². The molecule has 7 heteroatoms. The van der Waals surface area contributed by atoms with Crippen LogP contribution in [0.2, 0.25) is 0 Å². The predicted molar refractivity (Wildman–Crippen MR) is 56.9 cm³/mol. The highest BCUT2D eigenvalue weighted by molar-refractivity contribution is 5.85. The number of amides is 3. The fraction of sp³-hybridized carbons (Fsp3) is 0.667. The Kier molecular flexibility index (Phi) is 5.27. The van der Waals surface area contributed by atoms with Crippen LogP contribution in [0.25, 0.3) is 0 Å². The Balaban J connectivity index is 3.76. The SMILES string of the molecule is CC(C)(C)NC(=O)CNC(=O)NCC(=O)O. The largest absolute Gasteiger partial charge is 0.480 e. The first-order valence-electron chi connectivity index (χ1n) is 4.75. The number of carboxylic acids is 1. The molecule has 0 bridgehead atoms. The lowest BCUT2D eigenvalue weighted by Crippen LogP contribution is -2.48. The highest BCUT2D eigenvalue weighted by atomic mass is 16.4. The van der Waals surface area contributed by atoms with Crippen molar-refractivity contribution in [2.45, 2.75) is 26.3 Å². The minimum Gasteiger partial charge on any atom is -0.480 e. The van der Waals surface area contributed by atoms with Gasteiger partial charge >= 0.3 is 12.0 Å². The van der Waals surface area contributed by atoms with E-state index in [0.717, 1.165) is 0 Å². The van der Waals surface area contributed by atoms with Crippen LogP contribution in [0.4, 0.5) is 4.79 Å². The van der Waals surface area contributed by atoms with Gasteiger partial charge in [0.05, 0.1) is 6.54 Å². The summed E-state index contributed by atoms with van der Waals surface area (Å²) in [5, 5.41) is 15.2. The number of carboxylic acid groups (broad SMARTS) is 1. The van der Waals surface area contributed by atoms with E-state index >= 15 is 0 Å². The second kappa shape index (κ2) is 5.94. The van der Waals surface area contributed by atoms with E-state index in [4.69, 9.17) is 5.11 Å². The molecule has 3 amide bonds. The van der Waals surface area contributed by atoms with Gasteiger partial charge in [0.25, 0.3) is 0 Å². The van der Waals surface area contributed by atoms with E-state index in [-0.39, 0.29) is 18.0 Å². The van der Waals surface area contributed by atoms with Gasteiger partial charge in [-0.3, -0.25) is 9.59 Å². The van der Waals surface area contributed by atoms with Crippen molar-refractivity contribution in [3.63, 3.8) is 0 Å². The van der Waals surface area contributed by atoms with Crippen molar-refractivity contribution in [3.8, 4) is 0 Å². The molecule has 0 rings (SSSR count). The molecule has 16 heavy (non-hydrogen) atoms. The molecule has 92 valence electrons. The molecule has 0 aliphatic carbocycles. The summed E-state index contributed by atoms with van der Waals surface area (Å²) in [4.78, 5) is 32.3. The summed E-state index contributed by atoms with van der Waals surface area (Å²) >= 11 is 0. The molecule has 0 unspecified atom stereocenters. The fourth-order valence-corrected chi connectivity index (χ4v) is 0.841. The number of aliphatic carboxylic acids is 1. The van der Waals surface area contributed by atoms with Crippen molar-refractivity contribution < 1.29 is 19.5 Å². The van der Waals surface area contributed by atoms with Gasteiger partial charge in [-0.2, -0.15) is 0 Å². The molecular formula is C9H17N3O4. The number of hydrogen-bond donors (Lipinski definition) is 4. The van der Waals surface area contributed by atoms with E-state index in [2.05, 4.69) is 16.0 Å². The maximum atomic E-state index is 11.2. The normalized spacial score (nSPS) is 10.4. The molecule has 0 aliphatic rings. The zero-order valence-corrected chi connectivity index (χ0v) is 9.59. The van der Waals surface area contributed by atoms with Gasteiger partial charge in [-0.1, -0.05) is 0 Å². The molecule has 0 aliphatic heterocycles. The van der Waals surface area contributed by atoms with Crippen molar-refractivity contribution in [3.05, 3.63) is 0 Å². The molecule has 0 saturated heterocycles. The van der Waals surface area contributed by atoms with E-state index in [1.165, 1.54) is 0 Å². The molecule has 0 heterocycles. The average Bonchev–Trinajstić information content (AvgIpc) is 2.08. The van der Waals surface area contributed by atoms with Crippen LogP contribution in [0.15, 0.2) is 0 Å². The summed E-state index contributed by atoms with van der Waals surface area (Å²) in [6, 6.07) is -0.688. The minimum absolute atomic E-state index is 0.192. The third kappa shape index (κ3) is 8.79. The van der Waals surface area contributed by atoms with Crippen LogP contribution >= 0.6 is 0 Å². The highest BCUT2D eigenvalue weighted by Crippen LogP contribution is 1.96. The lowest BCUT2D eigenvalue weighted by molar-refractivity contribution is -0.135. The van der Waals surface area contributed by atoms with E-state index in [9.17, 15) is 14.4 Å². The van der Waals surface area contributed by atoms with Gasteiger partial charge in [0, 0.05) is 5.54 Å². The van der Waals surface area contributed by atoms with Crippen molar-refractivity contribution in [2.24, 2.45) is 0 Å². The standard InChI is InChI=1S/C9H17N3O4/c1-9(2,3)12-6(13)4-10-8(16)11-5-7(14)15/h4-5H2,1-3H3,(H,12,13)(H,14,15)(H2,10,11,16). The molecule has 0 spiro atoms. The Morgan fingerprint density at radius 1 is 1.06 bits per heavy atom. The monoisotopic (exact) mass is 231 g/mol. The van der Waals surface area contributed by atoms with Crippen LogP contribution in [0.3, 0.4) is 0 Å². The Bertz CT molecular complexity index is 283. The molecule has 0 aromatic carbocycles. The first kappa shape index (κ1) is 14.2. The molecular weight excluding hydrogens is 214 g/mol. The first-order valence-corrected chi connectivity index (χ1v) is 4.75. The average molecular weight is 231 g/mol. The molecule has 0 aromatic heterocycles. The maximum Gasteiger partial charge on any atom is 0.323 e. The molecule has 0 saturated carbocycles. The Hall–Kier alpha value is -1.79. The van der Waals surface area contributed by atoms with Gasteiger partial charge in [0.1, 0.15) is 6.54 Å². The smallest absolute Gasteiger partial charge is 0.323 e. The number of rotatable bonds is 4. The highest BCUT2D eigenvalue weighted by Gasteiger charge is 2.14. The summed E-state index contributed by atoms with van der Waals surface area (Å²) in [5.41, 5.74) is -0.365. The second-order valence-electron chi connectivity index (χ2n) is 4.23. The molecule has 0 atom stereocenters. The van der Waals surface area contributed by atoms with Gasteiger partial charge in [-0.15, -0.1) is 0 Å². The van der Waals surface area contributed by atoms with Crippen molar-refractivity contribution >= 4 is 17.9 Å². The second-order valence-corrected chi connectivity index (χ2v) is 4.23. The number of nitrogens with one attached hydrogen (secondary N) is 3. The topological polar surface area (TPSA) is 108 Å². The van der Waals surface area contributed by atoms with Gasteiger partial charge in [0.2, 0.25) is 5.91 Å². The van der Waals surface area contributed by atoms with Crippen LogP contribution < -0.4 is 16.0 Å². The summed E-state index contributed by atoms with van der Waals surface area (Å²) in [5.74, 6) is -1.48. The quantitative estimate of drug-likeness (QED) is 0.512. The van der Waals surface area contributed by atoms with Crippen LogP contribution in [-0.2, 0) is 9.59 Å².